The fraction of sp³-hybridized carbons (Fsp3) is 0.278. The molecule has 1 N–H and O–H groups in total. The molecule has 0 aliphatic carbocycles. The van der Waals surface area contributed by atoms with Gasteiger partial charge in [-0.05, 0) is 36.9 Å². The van der Waals surface area contributed by atoms with Crippen LogP contribution >= 0.6 is 11.7 Å². The lowest BCUT2D eigenvalue weighted by molar-refractivity contribution is -0.116. The van der Waals surface area contributed by atoms with Gasteiger partial charge in [0.25, 0.3) is 0 Å². The van der Waals surface area contributed by atoms with Crippen LogP contribution in [0.1, 0.15) is 12.0 Å². The van der Waals surface area contributed by atoms with Gasteiger partial charge in [-0.3, -0.25) is 4.79 Å². The highest BCUT2D eigenvalue weighted by Gasteiger charge is 2.09. The molecular weight excluding hydrogens is 336 g/mol. The molecule has 0 fully saturated rings. The number of benzene rings is 2. The second-order valence-corrected chi connectivity index (χ2v) is 6.35. The maximum atomic E-state index is 12.2. The number of rotatable bonds is 7. The first-order valence-corrected chi connectivity index (χ1v) is 8.71. The number of nitrogens with zero attached hydrogens (tertiary/aromatic N) is 3. The number of hydrogen-bond acceptors (Lipinski definition) is 6. The summed E-state index contributed by atoms with van der Waals surface area (Å²) in [7, 11) is 3.59. The summed E-state index contributed by atoms with van der Waals surface area (Å²) in [6.45, 7) is 1.42. The Kier molecular flexibility index (Phi) is 5.57. The second kappa shape index (κ2) is 8.04. The quantitative estimate of drug-likeness (QED) is 0.704. The number of ether oxygens (including phenoxy) is 1. The van der Waals surface area contributed by atoms with Crippen molar-refractivity contribution in [3.63, 3.8) is 0 Å². The zero-order valence-electron chi connectivity index (χ0n) is 14.2. The van der Waals surface area contributed by atoms with Gasteiger partial charge in [0.2, 0.25) is 5.91 Å². The molecule has 0 aliphatic heterocycles. The topological polar surface area (TPSA) is 67.3 Å². The summed E-state index contributed by atoms with van der Waals surface area (Å²) in [4.78, 5) is 14.3. The Morgan fingerprint density at radius 3 is 2.84 bits per heavy atom. The number of amides is 1. The highest BCUT2D eigenvalue weighted by atomic mass is 32.1. The first-order valence-electron chi connectivity index (χ1n) is 7.98. The van der Waals surface area contributed by atoms with E-state index < -0.39 is 0 Å². The third-order valence-corrected chi connectivity index (χ3v) is 4.43. The van der Waals surface area contributed by atoms with Gasteiger partial charge in [0.1, 0.15) is 16.8 Å². The molecule has 3 rings (SSSR count). The zero-order chi connectivity index (χ0) is 17.6. The highest BCUT2D eigenvalue weighted by molar-refractivity contribution is 7.00. The van der Waals surface area contributed by atoms with E-state index in [0.717, 1.165) is 23.1 Å². The predicted molar refractivity (Wildman–Crippen MR) is 100.0 cm³/mol. The number of aromatic nitrogens is 2. The van der Waals surface area contributed by atoms with Crippen molar-refractivity contribution in [1.29, 1.82) is 0 Å². The van der Waals surface area contributed by atoms with Crippen molar-refractivity contribution >= 4 is 34.4 Å². The minimum atomic E-state index is -0.0319. The van der Waals surface area contributed by atoms with E-state index in [4.69, 9.17) is 4.74 Å². The summed E-state index contributed by atoms with van der Waals surface area (Å²) in [5, 5.41) is 2.89. The third-order valence-electron chi connectivity index (χ3n) is 3.87. The predicted octanol–water partition coefficient (Wildman–Crippen LogP) is 3.16. The van der Waals surface area contributed by atoms with Crippen LogP contribution in [-0.4, -0.2) is 40.3 Å². The standard InChI is InChI=1S/C18H20N4O2S/c1-22(12-13-7-8-14-16(11-13)21-25-20-14)10-9-18(23)19-15-5-3-4-6-17(15)24-2/h3-8,11H,9-10,12H2,1-2H3,(H,19,23). The van der Waals surface area contributed by atoms with Gasteiger partial charge >= 0.3 is 0 Å². The molecule has 0 radical (unpaired) electrons. The largest absolute Gasteiger partial charge is 0.495 e. The van der Waals surface area contributed by atoms with Crippen molar-refractivity contribution < 1.29 is 9.53 Å². The minimum absolute atomic E-state index is 0.0319. The molecule has 0 atom stereocenters. The number of methoxy groups -OCH3 is 1. The van der Waals surface area contributed by atoms with Gasteiger partial charge in [-0.2, -0.15) is 8.75 Å². The van der Waals surface area contributed by atoms with E-state index in [0.29, 0.717) is 24.4 Å². The van der Waals surface area contributed by atoms with Crippen LogP contribution in [-0.2, 0) is 11.3 Å². The van der Waals surface area contributed by atoms with E-state index in [1.165, 1.54) is 11.7 Å². The average Bonchev–Trinajstić information content (AvgIpc) is 3.08. The Morgan fingerprint density at radius 1 is 1.20 bits per heavy atom. The zero-order valence-corrected chi connectivity index (χ0v) is 15.0. The molecule has 1 heterocycles. The van der Waals surface area contributed by atoms with Crippen LogP contribution in [0.2, 0.25) is 0 Å². The first kappa shape index (κ1) is 17.3. The molecule has 7 heteroatoms. The molecule has 0 aliphatic rings. The number of hydrogen-bond donors (Lipinski definition) is 1. The van der Waals surface area contributed by atoms with Gasteiger partial charge in [-0.25, -0.2) is 0 Å². The van der Waals surface area contributed by atoms with Gasteiger partial charge in [0, 0.05) is 19.5 Å². The van der Waals surface area contributed by atoms with Crippen molar-refractivity contribution in [1.82, 2.24) is 13.6 Å². The average molecular weight is 356 g/mol. The lowest BCUT2D eigenvalue weighted by Gasteiger charge is -2.17. The van der Waals surface area contributed by atoms with Crippen LogP contribution < -0.4 is 10.1 Å². The molecular formula is C18H20N4O2S. The molecule has 25 heavy (non-hydrogen) atoms. The maximum absolute atomic E-state index is 12.2. The molecule has 0 bridgehead atoms. The van der Waals surface area contributed by atoms with Crippen molar-refractivity contribution in [2.24, 2.45) is 0 Å². The van der Waals surface area contributed by atoms with Crippen molar-refractivity contribution in [2.45, 2.75) is 13.0 Å². The van der Waals surface area contributed by atoms with Gasteiger partial charge in [-0.15, -0.1) is 0 Å². The summed E-state index contributed by atoms with van der Waals surface area (Å²) in [5.41, 5.74) is 3.70. The molecule has 0 unspecified atom stereocenters. The van der Waals surface area contributed by atoms with Crippen LogP contribution in [0.15, 0.2) is 42.5 Å². The van der Waals surface area contributed by atoms with Crippen LogP contribution in [0.3, 0.4) is 0 Å². The smallest absolute Gasteiger partial charge is 0.225 e. The monoisotopic (exact) mass is 356 g/mol. The van der Waals surface area contributed by atoms with E-state index in [9.17, 15) is 4.79 Å². The minimum Gasteiger partial charge on any atom is -0.495 e. The molecule has 3 aromatic rings. The first-order chi connectivity index (χ1) is 12.2. The summed E-state index contributed by atoms with van der Waals surface area (Å²) >= 11 is 1.22. The van der Waals surface area contributed by atoms with Crippen molar-refractivity contribution in [2.75, 3.05) is 26.0 Å². The fourth-order valence-corrected chi connectivity index (χ4v) is 3.09. The fourth-order valence-electron chi connectivity index (χ4n) is 2.57. The second-order valence-electron chi connectivity index (χ2n) is 5.82. The lowest BCUT2D eigenvalue weighted by Crippen LogP contribution is -2.24. The van der Waals surface area contributed by atoms with E-state index >= 15 is 0 Å². The van der Waals surface area contributed by atoms with Crippen molar-refractivity contribution in [3.8, 4) is 5.75 Å². The number of anilines is 1. The summed E-state index contributed by atoms with van der Waals surface area (Å²) in [6.07, 6.45) is 0.412. The van der Waals surface area contributed by atoms with E-state index in [2.05, 4.69) is 25.0 Å². The number of fused-ring (bicyclic) bond motifs is 1. The highest BCUT2D eigenvalue weighted by Crippen LogP contribution is 2.23. The summed E-state index contributed by atoms with van der Waals surface area (Å²) in [6, 6.07) is 13.5. The molecule has 6 nitrogen and oxygen atoms in total. The SMILES string of the molecule is COc1ccccc1NC(=O)CCN(C)Cc1ccc2nsnc2c1. The van der Waals surface area contributed by atoms with E-state index in [1.54, 1.807) is 7.11 Å². The Labute approximate surface area is 150 Å². The third kappa shape index (κ3) is 4.52. The summed E-state index contributed by atoms with van der Waals surface area (Å²) in [5.74, 6) is 0.630. The molecule has 2 aromatic carbocycles. The van der Waals surface area contributed by atoms with Gasteiger partial charge < -0.3 is 15.0 Å². The maximum Gasteiger partial charge on any atom is 0.225 e. The van der Waals surface area contributed by atoms with Crippen LogP contribution in [0.4, 0.5) is 5.69 Å². The number of para-hydroxylation sites is 2. The van der Waals surface area contributed by atoms with Crippen LogP contribution in [0, 0.1) is 0 Å². The van der Waals surface area contributed by atoms with Crippen LogP contribution in [0.5, 0.6) is 5.75 Å². The van der Waals surface area contributed by atoms with Crippen molar-refractivity contribution in [3.05, 3.63) is 48.0 Å². The van der Waals surface area contributed by atoms with Gasteiger partial charge in [0.15, 0.2) is 0 Å². The molecule has 0 saturated carbocycles. The van der Waals surface area contributed by atoms with Gasteiger partial charge in [-0.1, -0.05) is 18.2 Å². The van der Waals surface area contributed by atoms with Gasteiger partial charge in [0.05, 0.1) is 24.5 Å². The lowest BCUT2D eigenvalue weighted by atomic mass is 10.2. The molecule has 0 spiro atoms. The number of carbonyl (C=O) groups is 1. The van der Waals surface area contributed by atoms with E-state index in [1.807, 2.05) is 43.4 Å². The normalized spacial score (nSPS) is 11.0. The number of nitrogens with one attached hydrogen (secondary N) is 1. The number of carbonyl (C=O) groups excluding carboxylic acids is 1. The Bertz CT molecular complexity index is 865. The molecule has 0 saturated heterocycles. The Morgan fingerprint density at radius 2 is 2.00 bits per heavy atom. The van der Waals surface area contributed by atoms with E-state index in [-0.39, 0.29) is 5.91 Å². The Hall–Kier alpha value is -2.51. The molecule has 1 aromatic heterocycles. The molecule has 1 amide bonds. The Balaban J connectivity index is 1.51. The summed E-state index contributed by atoms with van der Waals surface area (Å²) < 4.78 is 13.7. The van der Waals surface area contributed by atoms with Crippen LogP contribution in [0.25, 0.3) is 11.0 Å². The molecule has 130 valence electrons.